The van der Waals surface area contributed by atoms with Crippen molar-refractivity contribution in [3.8, 4) is 0 Å². The molecule has 2 heterocycles. The van der Waals surface area contributed by atoms with Gasteiger partial charge in [-0.2, -0.15) is 5.10 Å². The standard InChI is InChI=1S/C20H23FN4O4/c1-11-18(12(2)24(4)23-11)22-19(27)13(3)29-20(28)14-9-17(26)25(10-14)16-8-6-5-7-15(16)21/h5-8,13-14H,9-10H2,1-4H3,(H,22,27)/t13-,14+/m1/s1. The van der Waals surface area contributed by atoms with Gasteiger partial charge in [-0.25, -0.2) is 4.39 Å². The predicted octanol–water partition coefficient (Wildman–Crippen LogP) is 2.10. The number of esters is 1. The van der Waals surface area contributed by atoms with Crippen molar-refractivity contribution in [1.82, 2.24) is 9.78 Å². The van der Waals surface area contributed by atoms with E-state index in [1.54, 1.807) is 24.7 Å². The van der Waals surface area contributed by atoms with Crippen LogP contribution in [0.5, 0.6) is 0 Å². The number of aryl methyl sites for hydroxylation is 2. The van der Waals surface area contributed by atoms with Crippen molar-refractivity contribution in [1.29, 1.82) is 0 Å². The number of para-hydroxylation sites is 1. The number of benzene rings is 1. The van der Waals surface area contributed by atoms with E-state index in [9.17, 15) is 18.8 Å². The summed E-state index contributed by atoms with van der Waals surface area (Å²) in [6, 6.07) is 5.88. The highest BCUT2D eigenvalue weighted by atomic mass is 19.1. The third-order valence-corrected chi connectivity index (χ3v) is 5.02. The highest BCUT2D eigenvalue weighted by Crippen LogP contribution is 2.28. The molecule has 1 fully saturated rings. The first-order valence-corrected chi connectivity index (χ1v) is 9.25. The number of nitrogens with zero attached hydrogens (tertiary/aromatic N) is 3. The van der Waals surface area contributed by atoms with Gasteiger partial charge in [0.05, 0.1) is 28.7 Å². The van der Waals surface area contributed by atoms with Crippen LogP contribution in [0.1, 0.15) is 24.7 Å². The minimum absolute atomic E-state index is 0.00770. The Balaban J connectivity index is 1.62. The van der Waals surface area contributed by atoms with Gasteiger partial charge in [-0.15, -0.1) is 0 Å². The number of carbonyl (C=O) groups excluding carboxylic acids is 3. The molecular formula is C20H23FN4O4. The summed E-state index contributed by atoms with van der Waals surface area (Å²) in [7, 11) is 1.76. The Hall–Kier alpha value is -3.23. The third kappa shape index (κ3) is 4.13. The second-order valence-corrected chi connectivity index (χ2v) is 7.09. The van der Waals surface area contributed by atoms with E-state index in [0.29, 0.717) is 11.4 Å². The Kier molecular flexibility index (Phi) is 5.67. The molecule has 1 aliphatic rings. The largest absolute Gasteiger partial charge is 0.452 e. The lowest BCUT2D eigenvalue weighted by Gasteiger charge is -2.18. The molecule has 0 spiro atoms. The number of halogens is 1. The van der Waals surface area contributed by atoms with Crippen molar-refractivity contribution in [2.24, 2.45) is 13.0 Å². The Bertz CT molecular complexity index is 971. The van der Waals surface area contributed by atoms with E-state index in [1.165, 1.54) is 30.0 Å². The molecule has 0 radical (unpaired) electrons. The quantitative estimate of drug-likeness (QED) is 0.773. The number of carbonyl (C=O) groups is 3. The van der Waals surface area contributed by atoms with Gasteiger partial charge in [-0.1, -0.05) is 12.1 Å². The van der Waals surface area contributed by atoms with Crippen LogP contribution in [0.3, 0.4) is 0 Å². The van der Waals surface area contributed by atoms with E-state index in [2.05, 4.69) is 10.4 Å². The van der Waals surface area contributed by atoms with E-state index in [1.807, 2.05) is 6.92 Å². The third-order valence-electron chi connectivity index (χ3n) is 5.02. The lowest BCUT2D eigenvalue weighted by Crippen LogP contribution is -2.33. The van der Waals surface area contributed by atoms with Crippen LogP contribution in [0.4, 0.5) is 15.8 Å². The molecule has 29 heavy (non-hydrogen) atoms. The fraction of sp³-hybridized carbons (Fsp3) is 0.400. The fourth-order valence-corrected chi connectivity index (χ4v) is 3.27. The zero-order chi connectivity index (χ0) is 21.3. The molecule has 3 rings (SSSR count). The maximum Gasteiger partial charge on any atom is 0.312 e. The highest BCUT2D eigenvalue weighted by molar-refractivity contribution is 6.00. The molecule has 1 saturated heterocycles. The van der Waals surface area contributed by atoms with Crippen molar-refractivity contribution in [2.45, 2.75) is 33.3 Å². The molecule has 154 valence electrons. The average Bonchev–Trinajstić information content (AvgIpc) is 3.17. The minimum atomic E-state index is -1.06. The lowest BCUT2D eigenvalue weighted by atomic mass is 10.1. The molecule has 9 heteroatoms. The Labute approximate surface area is 167 Å². The number of hydrogen-bond donors (Lipinski definition) is 1. The molecule has 2 amide bonds. The maximum absolute atomic E-state index is 14.0. The zero-order valence-electron chi connectivity index (χ0n) is 16.7. The van der Waals surface area contributed by atoms with E-state index in [0.717, 1.165) is 5.69 Å². The van der Waals surface area contributed by atoms with Crippen LogP contribution in [0.15, 0.2) is 24.3 Å². The van der Waals surface area contributed by atoms with Crippen LogP contribution in [0, 0.1) is 25.6 Å². The summed E-state index contributed by atoms with van der Waals surface area (Å²) >= 11 is 0. The van der Waals surface area contributed by atoms with Crippen LogP contribution < -0.4 is 10.2 Å². The number of ether oxygens (including phenoxy) is 1. The second-order valence-electron chi connectivity index (χ2n) is 7.09. The van der Waals surface area contributed by atoms with Gasteiger partial charge in [0.15, 0.2) is 6.10 Å². The summed E-state index contributed by atoms with van der Waals surface area (Å²) in [4.78, 5) is 38.4. The molecule has 0 unspecified atom stereocenters. The SMILES string of the molecule is Cc1nn(C)c(C)c1NC(=O)[C@@H](C)OC(=O)[C@H]1CC(=O)N(c2ccccc2F)C1. The van der Waals surface area contributed by atoms with Crippen molar-refractivity contribution < 1.29 is 23.5 Å². The summed E-state index contributed by atoms with van der Waals surface area (Å²) in [5.41, 5.74) is 2.12. The van der Waals surface area contributed by atoms with Crippen LogP contribution in [-0.4, -0.2) is 40.2 Å². The molecule has 1 N–H and O–H groups in total. The van der Waals surface area contributed by atoms with E-state index < -0.39 is 29.7 Å². The molecule has 8 nitrogen and oxygen atoms in total. The molecule has 0 bridgehead atoms. The van der Waals surface area contributed by atoms with Gasteiger partial charge in [0.1, 0.15) is 5.82 Å². The predicted molar refractivity (Wildman–Crippen MR) is 104 cm³/mol. The van der Waals surface area contributed by atoms with Crippen molar-refractivity contribution >= 4 is 29.2 Å². The normalized spacial score (nSPS) is 17.3. The van der Waals surface area contributed by atoms with Gasteiger partial charge < -0.3 is 15.0 Å². The van der Waals surface area contributed by atoms with E-state index >= 15 is 0 Å². The van der Waals surface area contributed by atoms with Gasteiger partial charge in [-0.3, -0.25) is 19.1 Å². The number of anilines is 2. The number of aromatic nitrogens is 2. The summed E-state index contributed by atoms with van der Waals surface area (Å²) in [6.45, 7) is 5.04. The molecule has 2 atom stereocenters. The number of amides is 2. The second kappa shape index (κ2) is 8.02. The molecule has 2 aromatic rings. The molecule has 0 aliphatic carbocycles. The average molecular weight is 402 g/mol. The molecule has 1 aromatic heterocycles. The monoisotopic (exact) mass is 402 g/mol. The summed E-state index contributed by atoms with van der Waals surface area (Å²) in [6.07, 6.45) is -1.15. The van der Waals surface area contributed by atoms with Gasteiger partial charge in [0, 0.05) is 20.0 Å². The van der Waals surface area contributed by atoms with Gasteiger partial charge in [-0.05, 0) is 32.9 Å². The van der Waals surface area contributed by atoms with Crippen molar-refractivity contribution in [3.63, 3.8) is 0 Å². The Morgan fingerprint density at radius 3 is 2.62 bits per heavy atom. The van der Waals surface area contributed by atoms with Gasteiger partial charge >= 0.3 is 5.97 Å². The first kappa shape index (κ1) is 20.5. The Morgan fingerprint density at radius 1 is 1.31 bits per heavy atom. The number of hydrogen-bond acceptors (Lipinski definition) is 5. The smallest absolute Gasteiger partial charge is 0.312 e. The van der Waals surface area contributed by atoms with E-state index in [4.69, 9.17) is 4.74 Å². The number of rotatable bonds is 5. The molecular weight excluding hydrogens is 379 g/mol. The maximum atomic E-state index is 14.0. The number of nitrogens with one attached hydrogen (secondary N) is 1. The summed E-state index contributed by atoms with van der Waals surface area (Å²) in [5, 5.41) is 6.94. The highest BCUT2D eigenvalue weighted by Gasteiger charge is 2.38. The molecule has 1 aromatic carbocycles. The van der Waals surface area contributed by atoms with E-state index in [-0.39, 0.29) is 24.6 Å². The summed E-state index contributed by atoms with van der Waals surface area (Å²) in [5.74, 6) is -2.83. The molecule has 1 aliphatic heterocycles. The van der Waals surface area contributed by atoms with Crippen LogP contribution in [0.2, 0.25) is 0 Å². The van der Waals surface area contributed by atoms with Crippen molar-refractivity contribution in [2.75, 3.05) is 16.8 Å². The first-order valence-electron chi connectivity index (χ1n) is 9.25. The van der Waals surface area contributed by atoms with Crippen LogP contribution >= 0.6 is 0 Å². The van der Waals surface area contributed by atoms with Gasteiger partial charge in [0.2, 0.25) is 5.91 Å². The lowest BCUT2D eigenvalue weighted by molar-refractivity contribution is -0.157. The summed E-state index contributed by atoms with van der Waals surface area (Å²) < 4.78 is 20.9. The zero-order valence-corrected chi connectivity index (χ0v) is 16.7. The fourth-order valence-electron chi connectivity index (χ4n) is 3.27. The van der Waals surface area contributed by atoms with Crippen LogP contribution in [-0.2, 0) is 26.2 Å². The molecule has 0 saturated carbocycles. The topological polar surface area (TPSA) is 93.5 Å². The Morgan fingerprint density at radius 2 is 2.00 bits per heavy atom. The minimum Gasteiger partial charge on any atom is -0.452 e. The first-order chi connectivity index (χ1) is 13.7. The van der Waals surface area contributed by atoms with Gasteiger partial charge in [0.25, 0.3) is 5.91 Å². The van der Waals surface area contributed by atoms with Crippen LogP contribution in [0.25, 0.3) is 0 Å². The van der Waals surface area contributed by atoms with Crippen molar-refractivity contribution in [3.05, 3.63) is 41.5 Å².